The van der Waals surface area contributed by atoms with Crippen LogP contribution in [0.2, 0.25) is 0 Å². The normalized spacial score (nSPS) is 9.93. The van der Waals surface area contributed by atoms with E-state index in [2.05, 4.69) is 0 Å². The molecule has 0 aromatic rings. The second-order valence-electron chi connectivity index (χ2n) is 8.88. The fourth-order valence-corrected chi connectivity index (χ4v) is 2.02. The van der Waals surface area contributed by atoms with E-state index in [4.69, 9.17) is 39.7 Å². The molecule has 0 aliphatic rings. The maximum atomic E-state index is 13.4. The molecular weight excluding hydrogens is 766 g/mol. The van der Waals surface area contributed by atoms with Crippen LogP contribution in [0.25, 0.3) is 0 Å². The lowest BCUT2D eigenvalue weighted by atomic mass is 9.95. The highest BCUT2D eigenvalue weighted by atomic mass is 19.4. The lowest BCUT2D eigenvalue weighted by molar-refractivity contribution is -0.176. The predicted molar refractivity (Wildman–Crippen MR) is 205 cm³/mol. The molecule has 0 radical (unpaired) electrons. The van der Waals surface area contributed by atoms with Crippen molar-refractivity contribution in [3.05, 3.63) is 12.2 Å². The minimum atomic E-state index is -4.62. The lowest BCUT2D eigenvalue weighted by Crippen LogP contribution is -2.41. The van der Waals surface area contributed by atoms with E-state index in [0.717, 1.165) is 0 Å². The molecule has 0 bridgehead atoms. The maximum Gasteiger partial charge on any atom is 0.487 e. The summed E-state index contributed by atoms with van der Waals surface area (Å²) in [6.07, 6.45) is -7.03. The van der Waals surface area contributed by atoms with Crippen LogP contribution in [0, 0.1) is 12.0 Å². The number of methoxy groups -OCH3 is 1. The molecule has 0 heterocycles. The topological polar surface area (TPSA) is 98.8 Å². The Morgan fingerprint density at radius 1 is 0.727 bits per heavy atom. The molecule has 0 rings (SSSR count). The average Bonchev–Trinajstić information content (AvgIpc) is 3.06. The predicted octanol–water partition coefficient (Wildman–Crippen LogP) is 11.6. The van der Waals surface area contributed by atoms with Crippen molar-refractivity contribution in [2.75, 3.05) is 94.2 Å². The standard InChI is InChI=1S/C15H27F3O5.C9H15O4.C2H2F4.C2H6.CH2F2.CH3F.6CH4.H2/c1-5-15(17,18)12(9-16)23-10-14(3,4)13(19)22-8-7-21-11-20-6-2;1-8(2)9(10)13-7-6-12-5-4-11-3;3-1-2(4,5)6;1-2;2-1-3;1-2;;;;;;;/h12H,5-11H2,1-4H3;1H,4-7H2,2-3H3;1H2;1-2H3;1H2;1H3;6*1H4;1H/q;+1;;;;;;;;;;;/i;;;;;;;;;;;;1+1. The molecule has 0 aliphatic carbocycles. The van der Waals surface area contributed by atoms with E-state index < -0.39 is 62.3 Å². The molecule has 0 saturated carbocycles. The molecule has 0 aromatic carbocycles. The van der Waals surface area contributed by atoms with Crippen LogP contribution in [0.5, 0.6) is 0 Å². The molecule has 0 fully saturated rings. The lowest BCUT2D eigenvalue weighted by Gasteiger charge is -2.28. The molecule has 19 heteroatoms. The van der Waals surface area contributed by atoms with Crippen molar-refractivity contribution < 1.29 is 88.1 Å². The number of esters is 2. The number of rotatable bonds is 20. The molecule has 348 valence electrons. The van der Waals surface area contributed by atoms with E-state index in [0.29, 0.717) is 33.6 Å². The van der Waals surface area contributed by atoms with Crippen molar-refractivity contribution in [2.45, 2.75) is 118 Å². The number of alkyl halides is 10. The number of carbonyl (C=O) groups is 2. The maximum absolute atomic E-state index is 13.4. The first kappa shape index (κ1) is 85.0. The minimum absolute atomic E-state index is 0. The van der Waals surface area contributed by atoms with E-state index in [9.17, 15) is 53.5 Å². The van der Waals surface area contributed by atoms with E-state index in [-0.39, 0.29) is 84.8 Å². The van der Waals surface area contributed by atoms with Gasteiger partial charge in [-0.15, -0.1) is 4.79 Å². The van der Waals surface area contributed by atoms with Crippen molar-refractivity contribution >= 4 is 11.9 Å². The summed E-state index contributed by atoms with van der Waals surface area (Å²) in [5, 5.41) is 0. The second-order valence-corrected chi connectivity index (χ2v) is 8.88. The van der Waals surface area contributed by atoms with Gasteiger partial charge in [0.1, 0.15) is 32.8 Å². The first-order valence-electron chi connectivity index (χ1n) is 14.7. The van der Waals surface area contributed by atoms with Crippen molar-refractivity contribution in [1.82, 2.24) is 0 Å². The number of ether oxygens (including phenoxy) is 7. The van der Waals surface area contributed by atoms with Gasteiger partial charge in [-0.2, -0.15) is 13.2 Å². The zero-order valence-corrected chi connectivity index (χ0v) is 29.8. The van der Waals surface area contributed by atoms with Gasteiger partial charge in [-0.25, -0.2) is 26.3 Å². The first-order valence-corrected chi connectivity index (χ1v) is 14.7. The molecule has 0 N–H and O–H groups in total. The van der Waals surface area contributed by atoms with Crippen molar-refractivity contribution in [3.8, 4) is 0 Å². The Kier molecular flexibility index (Phi) is 90.3. The summed E-state index contributed by atoms with van der Waals surface area (Å²) in [6.45, 7) is 13.4. The fourth-order valence-electron chi connectivity index (χ4n) is 2.02. The Labute approximate surface area is 329 Å². The average molecular weight is 849 g/mol. The molecule has 0 aliphatic heterocycles. The monoisotopic (exact) mass is 849 g/mol. The molecule has 9 nitrogen and oxygen atoms in total. The molecule has 1 unspecified atom stereocenters. The molecule has 1 atom stereocenters. The van der Waals surface area contributed by atoms with Crippen molar-refractivity contribution in [2.24, 2.45) is 5.41 Å². The Morgan fingerprint density at radius 3 is 1.47 bits per heavy atom. The molecule has 0 spiro atoms. The molecule has 0 aromatic heterocycles. The summed E-state index contributed by atoms with van der Waals surface area (Å²) in [7, 11) is 2.09. The van der Waals surface area contributed by atoms with Gasteiger partial charge < -0.3 is 33.2 Å². The number of carbonyl (C=O) groups excluding carboxylic acids is 2. The summed E-state index contributed by atoms with van der Waals surface area (Å²) < 4.78 is 144. The van der Waals surface area contributed by atoms with Crippen LogP contribution in [0.1, 0.15) is 101 Å². The SMILES string of the molecule is C.C.C.C.C.C.CC.CCOCOCCOC(=O)C(C)(C)COC(CF)C(F)(F)CC.CF.FCC(F)(F)F.FCF.[2HH].[CH+]=C(C)C(=O)OCCOCCOC. The van der Waals surface area contributed by atoms with Gasteiger partial charge in [0.15, 0.2) is 6.67 Å². The summed E-state index contributed by atoms with van der Waals surface area (Å²) in [5.74, 6) is -4.40. The highest BCUT2D eigenvalue weighted by molar-refractivity contribution is 5.86. The van der Waals surface area contributed by atoms with Crippen LogP contribution >= 0.6 is 0 Å². The quantitative estimate of drug-likeness (QED) is 0.0296. The van der Waals surface area contributed by atoms with Gasteiger partial charge in [0.05, 0.1) is 52.2 Å². The van der Waals surface area contributed by atoms with Gasteiger partial charge in [-0.1, -0.05) is 65.3 Å². The molecule has 55 heavy (non-hydrogen) atoms. The van der Waals surface area contributed by atoms with Gasteiger partial charge in [-0.05, 0) is 20.8 Å². The number of hydrogen-bond donors (Lipinski definition) is 0. The summed E-state index contributed by atoms with van der Waals surface area (Å²) in [5.41, 5.74) is -1.02. The van der Waals surface area contributed by atoms with E-state index in [1.54, 1.807) is 7.11 Å². The third kappa shape index (κ3) is 66.9. The van der Waals surface area contributed by atoms with E-state index in [1.165, 1.54) is 27.7 Å². The van der Waals surface area contributed by atoms with Crippen molar-refractivity contribution in [1.29, 1.82) is 0 Å². The highest BCUT2D eigenvalue weighted by Gasteiger charge is 2.41. The summed E-state index contributed by atoms with van der Waals surface area (Å²) in [4.78, 5) is 22.7. The van der Waals surface area contributed by atoms with Crippen LogP contribution in [-0.2, 0) is 42.7 Å². The third-order valence-electron chi connectivity index (χ3n) is 4.48. The number of hydrogen-bond acceptors (Lipinski definition) is 9. The third-order valence-corrected chi connectivity index (χ3v) is 4.48. The van der Waals surface area contributed by atoms with Crippen LogP contribution in [0.3, 0.4) is 0 Å². The summed E-state index contributed by atoms with van der Waals surface area (Å²) in [6, 6.07) is 0. The Balaban J connectivity index is -0.0000000438. The molecule has 0 amide bonds. The zero-order valence-electron chi connectivity index (χ0n) is 29.8. The van der Waals surface area contributed by atoms with E-state index >= 15 is 0 Å². The van der Waals surface area contributed by atoms with Gasteiger partial charge in [-0.3, -0.25) is 9.18 Å². The van der Waals surface area contributed by atoms with E-state index in [1.807, 2.05) is 20.8 Å². The Morgan fingerprint density at radius 2 is 1.13 bits per heavy atom. The van der Waals surface area contributed by atoms with Gasteiger partial charge >= 0.3 is 18.1 Å². The van der Waals surface area contributed by atoms with Crippen LogP contribution < -0.4 is 0 Å². The smallest absolute Gasteiger partial charge is 0.463 e. The van der Waals surface area contributed by atoms with Gasteiger partial charge in [0, 0.05) is 28.5 Å². The van der Waals surface area contributed by atoms with Gasteiger partial charge in [0.2, 0.25) is 12.5 Å². The second kappa shape index (κ2) is 58.4. The fraction of sp³-hybridized carbons (Fsp3) is 0.889. The van der Waals surface area contributed by atoms with Crippen LogP contribution in [0.4, 0.5) is 43.9 Å². The largest absolute Gasteiger partial charge is 0.487 e. The molecular formula is C36H81F10O9+. The minimum Gasteiger partial charge on any atom is -0.463 e. The molecule has 0 saturated heterocycles. The van der Waals surface area contributed by atoms with Crippen molar-refractivity contribution in [3.63, 3.8) is 0 Å². The van der Waals surface area contributed by atoms with Gasteiger partial charge in [0.25, 0.3) is 5.92 Å². The Hall–Kier alpha value is -2.31. The Bertz CT molecular complexity index is 742. The summed E-state index contributed by atoms with van der Waals surface area (Å²) >= 11 is 0. The number of halogens is 10. The first-order chi connectivity index (χ1) is 22.9. The zero-order chi connectivity index (χ0) is 40.0. The van der Waals surface area contributed by atoms with Crippen LogP contribution in [-0.4, -0.2) is 124 Å². The highest BCUT2D eigenvalue weighted by Crippen LogP contribution is 2.28. The van der Waals surface area contributed by atoms with Crippen LogP contribution in [0.15, 0.2) is 5.57 Å².